The van der Waals surface area contributed by atoms with E-state index in [2.05, 4.69) is 114 Å². The van der Waals surface area contributed by atoms with E-state index < -0.39 is 35.3 Å². The highest BCUT2D eigenvalue weighted by Gasteiger charge is 2.62. The highest BCUT2D eigenvalue weighted by atomic mass is 16.5. The number of aliphatic carboxylic acids is 1. The van der Waals surface area contributed by atoms with Crippen LogP contribution in [0, 0.1) is 17.3 Å². The first kappa shape index (κ1) is 39.3. The summed E-state index contributed by atoms with van der Waals surface area (Å²) < 4.78 is 6.50. The minimum Gasteiger partial charge on any atom is -0.507 e. The molecule has 2 aliphatic heterocycles. The highest BCUT2D eigenvalue weighted by Crippen LogP contribution is 2.52. The molecule has 1 aromatic rings. The van der Waals surface area contributed by atoms with Gasteiger partial charge in [0.2, 0.25) is 0 Å². The van der Waals surface area contributed by atoms with E-state index >= 15 is 4.79 Å². The zero-order valence-electron chi connectivity index (χ0n) is 32.5. The van der Waals surface area contributed by atoms with Gasteiger partial charge in [0.05, 0.1) is 0 Å². The van der Waals surface area contributed by atoms with Crippen LogP contribution in [0.25, 0.3) is 0 Å². The maximum atomic E-state index is 15.0. The number of carbonyl (C=O) groups excluding carboxylic acids is 1. The van der Waals surface area contributed by atoms with Gasteiger partial charge in [-0.3, -0.25) is 9.59 Å². The summed E-state index contributed by atoms with van der Waals surface area (Å²) in [4.78, 5) is 29.2. The molecule has 0 bridgehead atoms. The van der Waals surface area contributed by atoms with Gasteiger partial charge in [0.1, 0.15) is 11.9 Å². The summed E-state index contributed by atoms with van der Waals surface area (Å²) in [5.41, 5.74) is -1.08. The third-order valence-corrected chi connectivity index (χ3v) is 10.5. The number of benzene rings is 1. The molecule has 2 heterocycles. The summed E-state index contributed by atoms with van der Waals surface area (Å²) in [6.07, 6.45) is 3.60. The fourth-order valence-corrected chi connectivity index (χ4v) is 9.39. The average molecular weight is 657 g/mol. The van der Waals surface area contributed by atoms with Gasteiger partial charge in [-0.1, -0.05) is 67.0 Å². The van der Waals surface area contributed by atoms with Gasteiger partial charge in [-0.2, -0.15) is 0 Å². The minimum absolute atomic E-state index is 0.265. The van der Waals surface area contributed by atoms with E-state index in [0.717, 1.165) is 23.1 Å². The largest absolute Gasteiger partial charge is 0.507 e. The molecule has 2 fully saturated rings. The van der Waals surface area contributed by atoms with Gasteiger partial charge >= 0.3 is 11.9 Å². The Labute approximate surface area is 286 Å². The molecule has 268 valence electrons. The van der Waals surface area contributed by atoms with Crippen molar-refractivity contribution >= 4 is 11.9 Å². The van der Waals surface area contributed by atoms with E-state index in [1.54, 1.807) is 0 Å². The van der Waals surface area contributed by atoms with Crippen molar-refractivity contribution in [2.45, 2.75) is 188 Å². The zero-order chi connectivity index (χ0) is 36.2. The minimum atomic E-state index is -1.76. The predicted octanol–water partition coefficient (Wildman–Crippen LogP) is 8.43. The van der Waals surface area contributed by atoms with Crippen LogP contribution < -0.4 is 10.6 Å². The Morgan fingerprint density at radius 2 is 1.21 bits per heavy atom. The number of carbonyl (C=O) groups is 2. The Bertz CT molecular complexity index is 1250. The lowest BCUT2D eigenvalue weighted by atomic mass is 9.56. The van der Waals surface area contributed by atoms with Crippen molar-refractivity contribution in [2.75, 3.05) is 0 Å². The average Bonchev–Trinajstić information content (AvgIpc) is 2.79. The van der Waals surface area contributed by atoms with Crippen LogP contribution in [0.15, 0.2) is 12.1 Å². The van der Waals surface area contributed by atoms with Gasteiger partial charge < -0.3 is 25.6 Å². The standard InChI is InChI=1S/C40H68N2O5/c1-16-17-26(18-25-19-29(34(2,3)4)31(43)30(20-25)35(5,6)7)40(32(44)45,27-21-36(8,9)41-37(10,11)22-27)33(46)47-28-23-38(12,13)42-39(14,15)24-28/h19-20,26-28,41-43H,16-18,21-24H2,1-15H3,(H,44,45). The van der Waals surface area contributed by atoms with Gasteiger partial charge in [0, 0.05) is 35.0 Å². The fraction of sp³-hybridized carbons (Fsp3) is 0.800. The van der Waals surface area contributed by atoms with E-state index in [-0.39, 0.29) is 33.0 Å². The second kappa shape index (κ2) is 13.0. The first-order valence-corrected chi connectivity index (χ1v) is 18.0. The summed E-state index contributed by atoms with van der Waals surface area (Å²) in [5.74, 6) is -2.34. The Morgan fingerprint density at radius 1 is 0.809 bits per heavy atom. The van der Waals surface area contributed by atoms with Crippen molar-refractivity contribution in [3.8, 4) is 5.75 Å². The topological polar surface area (TPSA) is 108 Å². The molecule has 2 atom stereocenters. The molecule has 0 amide bonds. The van der Waals surface area contributed by atoms with Gasteiger partial charge in [0.25, 0.3) is 0 Å². The molecular formula is C40H68N2O5. The molecule has 0 spiro atoms. The number of aromatic hydroxyl groups is 1. The zero-order valence-corrected chi connectivity index (χ0v) is 32.5. The second-order valence-electron chi connectivity index (χ2n) is 19.7. The third-order valence-electron chi connectivity index (χ3n) is 10.5. The molecule has 3 rings (SSSR count). The number of carboxylic acid groups (broad SMARTS) is 1. The quantitative estimate of drug-likeness (QED) is 0.156. The molecule has 2 saturated heterocycles. The third kappa shape index (κ3) is 8.92. The van der Waals surface area contributed by atoms with Crippen molar-refractivity contribution in [1.82, 2.24) is 10.6 Å². The van der Waals surface area contributed by atoms with Crippen molar-refractivity contribution in [2.24, 2.45) is 17.3 Å². The number of rotatable bonds is 9. The van der Waals surface area contributed by atoms with E-state index in [1.165, 1.54) is 0 Å². The molecule has 7 heteroatoms. The Kier molecular flexibility index (Phi) is 10.8. The Hall–Kier alpha value is -2.12. The fourth-order valence-electron chi connectivity index (χ4n) is 9.39. The van der Waals surface area contributed by atoms with Crippen LogP contribution in [0.5, 0.6) is 5.75 Å². The van der Waals surface area contributed by atoms with Gasteiger partial charge in [0.15, 0.2) is 5.41 Å². The molecule has 0 saturated carbocycles. The van der Waals surface area contributed by atoms with Crippen LogP contribution in [0.2, 0.25) is 0 Å². The van der Waals surface area contributed by atoms with Crippen molar-refractivity contribution in [3.63, 3.8) is 0 Å². The molecule has 0 radical (unpaired) electrons. The van der Waals surface area contributed by atoms with Crippen molar-refractivity contribution < 1.29 is 24.5 Å². The van der Waals surface area contributed by atoms with Gasteiger partial charge in [-0.05, 0) is 120 Å². The molecule has 4 N–H and O–H groups in total. The molecular weight excluding hydrogens is 588 g/mol. The van der Waals surface area contributed by atoms with E-state index in [4.69, 9.17) is 4.74 Å². The maximum absolute atomic E-state index is 15.0. The monoisotopic (exact) mass is 657 g/mol. The van der Waals surface area contributed by atoms with Crippen LogP contribution >= 0.6 is 0 Å². The summed E-state index contributed by atoms with van der Waals surface area (Å²) in [6.45, 7) is 31.5. The number of piperidine rings is 2. The van der Waals surface area contributed by atoms with Gasteiger partial charge in [-0.15, -0.1) is 0 Å². The maximum Gasteiger partial charge on any atom is 0.324 e. The SMILES string of the molecule is CCCC(Cc1cc(C(C)(C)C)c(O)c(C(C)(C)C)c1)C(C(=O)O)(C(=O)OC1CC(C)(C)NC(C)(C)C1)C1CC(C)(C)NC(C)(C)C1. The summed E-state index contributed by atoms with van der Waals surface area (Å²) in [6, 6.07) is 4.08. The van der Waals surface area contributed by atoms with Crippen LogP contribution in [0.4, 0.5) is 0 Å². The molecule has 7 nitrogen and oxygen atoms in total. The predicted molar refractivity (Wildman–Crippen MR) is 192 cm³/mol. The second-order valence-corrected chi connectivity index (χ2v) is 19.7. The normalized spacial score (nSPS) is 23.5. The number of esters is 1. The molecule has 0 aromatic heterocycles. The lowest BCUT2D eigenvalue weighted by Crippen LogP contribution is -2.65. The molecule has 47 heavy (non-hydrogen) atoms. The van der Waals surface area contributed by atoms with Crippen LogP contribution in [0.1, 0.15) is 159 Å². The smallest absolute Gasteiger partial charge is 0.324 e. The van der Waals surface area contributed by atoms with Crippen molar-refractivity contribution in [1.29, 1.82) is 0 Å². The molecule has 2 aliphatic rings. The number of carboxylic acids is 1. The van der Waals surface area contributed by atoms with Gasteiger partial charge in [-0.25, -0.2) is 0 Å². The number of nitrogens with one attached hydrogen (secondary N) is 2. The number of hydrogen-bond donors (Lipinski definition) is 4. The summed E-state index contributed by atoms with van der Waals surface area (Å²) in [7, 11) is 0. The number of hydrogen-bond acceptors (Lipinski definition) is 6. The van der Waals surface area contributed by atoms with E-state index in [0.29, 0.717) is 44.3 Å². The van der Waals surface area contributed by atoms with Crippen molar-refractivity contribution in [3.05, 3.63) is 28.8 Å². The number of phenolic OH excluding ortho intramolecular Hbond substituents is 1. The number of phenols is 1. The first-order valence-electron chi connectivity index (χ1n) is 18.0. The van der Waals surface area contributed by atoms with Crippen LogP contribution in [-0.2, 0) is 31.6 Å². The lowest BCUT2D eigenvalue weighted by molar-refractivity contribution is -0.189. The van der Waals surface area contributed by atoms with E-state index in [9.17, 15) is 15.0 Å². The highest BCUT2D eigenvalue weighted by molar-refractivity contribution is 6.00. The Balaban J connectivity index is 2.28. The van der Waals surface area contributed by atoms with Crippen LogP contribution in [0.3, 0.4) is 0 Å². The van der Waals surface area contributed by atoms with E-state index in [1.807, 2.05) is 12.1 Å². The molecule has 1 aromatic carbocycles. The lowest BCUT2D eigenvalue weighted by Gasteiger charge is -2.53. The molecule has 0 aliphatic carbocycles. The summed E-state index contributed by atoms with van der Waals surface area (Å²) in [5, 5.41) is 30.4. The van der Waals surface area contributed by atoms with Crippen LogP contribution in [-0.4, -0.2) is 50.4 Å². The number of ether oxygens (including phenoxy) is 1. The first-order chi connectivity index (χ1) is 21.1. The Morgan fingerprint density at radius 3 is 1.57 bits per heavy atom. The molecule has 2 unspecified atom stereocenters. The summed E-state index contributed by atoms with van der Waals surface area (Å²) >= 11 is 0.